The van der Waals surface area contributed by atoms with Crippen molar-refractivity contribution in [2.45, 2.75) is 0 Å². The van der Waals surface area contributed by atoms with E-state index in [1.54, 1.807) is 0 Å². The molecule has 0 fully saturated rings. The fourth-order valence-corrected chi connectivity index (χ4v) is 0.555. The predicted molar refractivity (Wildman–Crippen MR) is 37.3 cm³/mol. The predicted octanol–water partition coefficient (Wildman–Crippen LogP) is -1.23. The minimum atomic E-state index is -0.409. The van der Waals surface area contributed by atoms with E-state index < -0.39 is 11.9 Å². The van der Waals surface area contributed by atoms with Crippen molar-refractivity contribution in [3.05, 3.63) is 10.4 Å². The normalized spacial score (nSPS) is 11.1. The molecule has 0 aliphatic heterocycles. The van der Waals surface area contributed by atoms with Gasteiger partial charge in [0.25, 0.3) is 11.9 Å². The van der Waals surface area contributed by atoms with Crippen LogP contribution in [-0.2, 0) is 0 Å². The monoisotopic (exact) mass is 196 g/mol. The van der Waals surface area contributed by atoms with Gasteiger partial charge in [0.15, 0.2) is 0 Å². The Bertz CT molecular complexity index is 412. The summed E-state index contributed by atoms with van der Waals surface area (Å²) in [6.07, 6.45) is 0. The highest BCUT2D eigenvalue weighted by atomic mass is 16.5. The van der Waals surface area contributed by atoms with Crippen molar-refractivity contribution in [3.63, 3.8) is 0 Å². The van der Waals surface area contributed by atoms with Gasteiger partial charge in [-0.05, 0) is 20.9 Å². The summed E-state index contributed by atoms with van der Waals surface area (Å²) in [5.74, 6) is -0.819. The van der Waals surface area contributed by atoms with Crippen LogP contribution in [0.15, 0.2) is 10.2 Å². The summed E-state index contributed by atoms with van der Waals surface area (Å²) in [5, 5.41) is 46.1. The van der Waals surface area contributed by atoms with Crippen molar-refractivity contribution in [3.8, 4) is 0 Å². The number of tetrazole rings is 2. The average molecular weight is 196 g/mol. The first-order valence-corrected chi connectivity index (χ1v) is 3.11. The van der Waals surface area contributed by atoms with Gasteiger partial charge in [0, 0.05) is 0 Å². The minimum absolute atomic E-state index is 0.0302. The van der Waals surface area contributed by atoms with Crippen molar-refractivity contribution in [2.24, 2.45) is 10.2 Å². The lowest BCUT2D eigenvalue weighted by molar-refractivity contribution is 0.785. The maximum Gasteiger partial charge on any atom is 0.284 e. The smallest absolute Gasteiger partial charge is 0.284 e. The summed E-state index contributed by atoms with van der Waals surface area (Å²) in [6.45, 7) is 0. The zero-order valence-corrected chi connectivity index (χ0v) is 6.29. The molecule has 0 radical (unpaired) electrons. The molecule has 0 saturated heterocycles. The molecule has 2 heterocycles. The molecule has 0 aliphatic carbocycles. The van der Waals surface area contributed by atoms with Crippen LogP contribution in [0.3, 0.4) is 0 Å². The molecule has 0 aromatic carbocycles. The fourth-order valence-electron chi connectivity index (χ4n) is 0.555. The van der Waals surface area contributed by atoms with Crippen LogP contribution in [0.2, 0.25) is 0 Å². The molecule has 2 rings (SSSR count). The quantitative estimate of drug-likeness (QED) is 0.539. The molecule has 0 bridgehead atoms. The highest BCUT2D eigenvalue weighted by Crippen LogP contribution is 2.09. The Balaban J connectivity index is 2.23. The fraction of sp³-hybridized carbons (Fsp3) is 0. The van der Waals surface area contributed by atoms with E-state index in [1.165, 1.54) is 0 Å². The van der Waals surface area contributed by atoms with Crippen molar-refractivity contribution >= 4 is 11.9 Å². The number of hydrogen-bond donors (Lipinski definition) is 0. The number of hydrogen-bond acceptors (Lipinski definition) is 10. The van der Waals surface area contributed by atoms with E-state index in [2.05, 4.69) is 41.3 Å². The summed E-state index contributed by atoms with van der Waals surface area (Å²) < 4.78 is 0. The molecule has 72 valence electrons. The Hall–Kier alpha value is -2.66. The van der Waals surface area contributed by atoms with Gasteiger partial charge in [-0.15, -0.1) is 10.2 Å². The minimum Gasteiger partial charge on any atom is -0.787 e. The van der Waals surface area contributed by atoms with Gasteiger partial charge in [-0.25, -0.2) is 9.69 Å². The molecule has 2 aromatic rings. The molecule has 14 heavy (non-hydrogen) atoms. The van der Waals surface area contributed by atoms with E-state index in [9.17, 15) is 10.4 Å². The number of azo groups is 1. The second-order valence-corrected chi connectivity index (χ2v) is 1.90. The van der Waals surface area contributed by atoms with Crippen LogP contribution in [0, 0.1) is 10.4 Å². The highest BCUT2D eigenvalue weighted by Gasteiger charge is 1.98. The maximum atomic E-state index is 10.7. The van der Waals surface area contributed by atoms with Gasteiger partial charge in [0.1, 0.15) is 0 Å². The number of rotatable bonds is 2. The van der Waals surface area contributed by atoms with Crippen LogP contribution in [-0.4, -0.2) is 40.7 Å². The third kappa shape index (κ3) is 1.30. The Morgan fingerprint density at radius 2 is 1.29 bits per heavy atom. The Morgan fingerprint density at radius 1 is 0.857 bits per heavy atom. The van der Waals surface area contributed by atoms with Crippen molar-refractivity contribution in [1.29, 1.82) is 0 Å². The third-order valence-electron chi connectivity index (χ3n) is 1.08. The topological polar surface area (TPSA) is 158 Å². The molecule has 0 N–H and O–H groups in total. The van der Waals surface area contributed by atoms with Gasteiger partial charge < -0.3 is 10.4 Å². The first kappa shape index (κ1) is 7.96. The molecule has 0 amide bonds. The van der Waals surface area contributed by atoms with Crippen molar-refractivity contribution in [2.75, 3.05) is 0 Å². The van der Waals surface area contributed by atoms with E-state index in [0.717, 1.165) is 0 Å². The van der Waals surface area contributed by atoms with Crippen molar-refractivity contribution in [1.82, 2.24) is 40.7 Å². The van der Waals surface area contributed by atoms with E-state index in [-0.39, 0.29) is 9.69 Å². The largest absolute Gasteiger partial charge is 0.787 e. The van der Waals surface area contributed by atoms with Crippen LogP contribution in [0.4, 0.5) is 11.9 Å². The first-order valence-electron chi connectivity index (χ1n) is 3.11. The van der Waals surface area contributed by atoms with Gasteiger partial charge in [-0.3, -0.25) is 0 Å². The second-order valence-electron chi connectivity index (χ2n) is 1.90. The molecular formula is C2N10O2-2. The molecule has 0 aliphatic rings. The first-order chi connectivity index (χ1) is 6.77. The summed E-state index contributed by atoms with van der Waals surface area (Å²) in [5.41, 5.74) is 0. The second kappa shape index (κ2) is 3.00. The number of aromatic nitrogens is 8. The lowest BCUT2D eigenvalue weighted by Gasteiger charge is -2.01. The summed E-state index contributed by atoms with van der Waals surface area (Å²) in [7, 11) is 0. The van der Waals surface area contributed by atoms with Crippen LogP contribution in [0.1, 0.15) is 0 Å². The van der Waals surface area contributed by atoms with E-state index in [4.69, 9.17) is 0 Å². The van der Waals surface area contributed by atoms with Gasteiger partial charge in [0.05, 0.1) is 0 Å². The van der Waals surface area contributed by atoms with Gasteiger partial charge >= 0.3 is 0 Å². The zero-order valence-electron chi connectivity index (χ0n) is 6.29. The molecule has 0 saturated carbocycles. The maximum absolute atomic E-state index is 10.7. The lowest BCUT2D eigenvalue weighted by atomic mass is 11.1. The Kier molecular flexibility index (Phi) is 1.71. The molecular weight excluding hydrogens is 196 g/mol. The van der Waals surface area contributed by atoms with E-state index in [1.807, 2.05) is 0 Å². The van der Waals surface area contributed by atoms with Crippen LogP contribution in [0.25, 0.3) is 0 Å². The zero-order chi connectivity index (χ0) is 9.97. The molecule has 12 heteroatoms. The highest BCUT2D eigenvalue weighted by molar-refractivity contribution is 5.15. The van der Waals surface area contributed by atoms with Crippen molar-refractivity contribution < 1.29 is 0 Å². The standard InChI is InChI=1S/C2N10O2/c13-11-1(5-7-9-11)3-4-2-6-8-10-12(2)14/q-2/b4-3+. The Morgan fingerprint density at radius 3 is 1.57 bits per heavy atom. The SMILES string of the molecule is [O-]n1nnnc1/N=N/c1nnnn1[O-]. The molecule has 12 nitrogen and oxygen atoms in total. The Labute approximate surface area is 74.4 Å². The van der Waals surface area contributed by atoms with Crippen LogP contribution >= 0.6 is 0 Å². The molecule has 0 unspecified atom stereocenters. The van der Waals surface area contributed by atoms with Crippen LogP contribution in [0.5, 0.6) is 0 Å². The van der Waals surface area contributed by atoms with E-state index >= 15 is 0 Å². The van der Waals surface area contributed by atoms with E-state index in [0.29, 0.717) is 0 Å². The number of nitrogens with zero attached hydrogens (tertiary/aromatic N) is 10. The summed E-state index contributed by atoms with van der Waals surface area (Å²) in [4.78, 5) is 0.0604. The third-order valence-corrected chi connectivity index (χ3v) is 1.08. The summed E-state index contributed by atoms with van der Waals surface area (Å²) >= 11 is 0. The van der Waals surface area contributed by atoms with Crippen LogP contribution < -0.4 is 0 Å². The molecule has 0 atom stereocenters. The van der Waals surface area contributed by atoms with Gasteiger partial charge in [-0.2, -0.15) is 0 Å². The lowest BCUT2D eigenvalue weighted by Crippen LogP contribution is -1.88. The summed E-state index contributed by atoms with van der Waals surface area (Å²) in [6, 6.07) is 0. The van der Waals surface area contributed by atoms with Gasteiger partial charge in [0.2, 0.25) is 0 Å². The average Bonchev–Trinajstić information content (AvgIpc) is 2.72. The molecule has 0 spiro atoms. The van der Waals surface area contributed by atoms with Gasteiger partial charge in [-0.1, -0.05) is 10.2 Å². The molecule has 2 aromatic heterocycles.